The SMILES string of the molecule is CCc1ccccc1C(=O)NC(CO)Cc1ccccc1. The summed E-state index contributed by atoms with van der Waals surface area (Å²) in [4.78, 5) is 12.4. The standard InChI is InChI=1S/C18H21NO2/c1-2-15-10-6-7-11-17(15)18(21)19-16(13-20)12-14-8-4-3-5-9-14/h3-11,16,20H,2,12-13H2,1H3,(H,19,21). The van der Waals surface area contributed by atoms with Crippen molar-refractivity contribution < 1.29 is 9.90 Å². The highest BCUT2D eigenvalue weighted by molar-refractivity contribution is 5.95. The zero-order valence-electron chi connectivity index (χ0n) is 12.3. The van der Waals surface area contributed by atoms with Gasteiger partial charge in [-0.3, -0.25) is 4.79 Å². The molecule has 2 aromatic carbocycles. The van der Waals surface area contributed by atoms with Gasteiger partial charge in [0.2, 0.25) is 0 Å². The highest BCUT2D eigenvalue weighted by Gasteiger charge is 2.15. The second-order valence-corrected chi connectivity index (χ2v) is 5.05. The van der Waals surface area contributed by atoms with E-state index in [9.17, 15) is 9.90 Å². The molecule has 0 saturated carbocycles. The molecule has 0 spiro atoms. The van der Waals surface area contributed by atoms with Crippen molar-refractivity contribution in [3.8, 4) is 0 Å². The Morgan fingerprint density at radius 3 is 2.43 bits per heavy atom. The van der Waals surface area contributed by atoms with Gasteiger partial charge in [0, 0.05) is 5.56 Å². The van der Waals surface area contributed by atoms with Crippen molar-refractivity contribution in [1.29, 1.82) is 0 Å². The summed E-state index contributed by atoms with van der Waals surface area (Å²) in [6.45, 7) is 1.95. The van der Waals surface area contributed by atoms with E-state index in [1.807, 2.05) is 61.5 Å². The molecule has 110 valence electrons. The summed E-state index contributed by atoms with van der Waals surface area (Å²) >= 11 is 0. The highest BCUT2D eigenvalue weighted by atomic mass is 16.3. The van der Waals surface area contributed by atoms with E-state index in [4.69, 9.17) is 0 Å². The summed E-state index contributed by atoms with van der Waals surface area (Å²) in [6, 6.07) is 17.2. The van der Waals surface area contributed by atoms with E-state index in [0.717, 1.165) is 17.5 Å². The van der Waals surface area contributed by atoms with Crippen molar-refractivity contribution in [2.45, 2.75) is 25.8 Å². The van der Waals surface area contributed by atoms with Crippen LogP contribution in [0.25, 0.3) is 0 Å². The first-order valence-electron chi connectivity index (χ1n) is 7.28. The number of benzene rings is 2. The normalized spacial score (nSPS) is 11.9. The number of carbonyl (C=O) groups is 1. The first-order chi connectivity index (χ1) is 10.2. The van der Waals surface area contributed by atoms with Crippen LogP contribution in [0, 0.1) is 0 Å². The molecule has 0 aliphatic carbocycles. The molecule has 0 aliphatic heterocycles. The lowest BCUT2D eigenvalue weighted by molar-refractivity contribution is 0.0915. The number of hydrogen-bond donors (Lipinski definition) is 2. The third-order valence-electron chi connectivity index (χ3n) is 3.52. The number of aliphatic hydroxyl groups excluding tert-OH is 1. The number of rotatable bonds is 6. The third kappa shape index (κ3) is 4.17. The number of carbonyl (C=O) groups excluding carboxylic acids is 1. The molecule has 2 N–H and O–H groups in total. The van der Waals surface area contributed by atoms with Crippen LogP contribution in [-0.4, -0.2) is 23.7 Å². The topological polar surface area (TPSA) is 49.3 Å². The largest absolute Gasteiger partial charge is 0.394 e. The first kappa shape index (κ1) is 15.3. The van der Waals surface area contributed by atoms with E-state index in [-0.39, 0.29) is 18.6 Å². The van der Waals surface area contributed by atoms with Gasteiger partial charge in [-0.05, 0) is 30.0 Å². The molecular formula is C18H21NO2. The quantitative estimate of drug-likeness (QED) is 0.856. The van der Waals surface area contributed by atoms with Crippen molar-refractivity contribution in [2.75, 3.05) is 6.61 Å². The minimum absolute atomic E-state index is 0.0745. The predicted molar refractivity (Wildman–Crippen MR) is 84.3 cm³/mol. The summed E-state index contributed by atoms with van der Waals surface area (Å²) in [6.07, 6.45) is 1.43. The second kappa shape index (κ2) is 7.60. The zero-order chi connectivity index (χ0) is 15.1. The molecule has 0 bridgehead atoms. The molecule has 1 atom stereocenters. The Kier molecular flexibility index (Phi) is 5.52. The molecule has 21 heavy (non-hydrogen) atoms. The van der Waals surface area contributed by atoms with Gasteiger partial charge in [0.1, 0.15) is 0 Å². The molecule has 3 heteroatoms. The smallest absolute Gasteiger partial charge is 0.251 e. The van der Waals surface area contributed by atoms with Crippen LogP contribution in [0.5, 0.6) is 0 Å². The Labute approximate surface area is 125 Å². The highest BCUT2D eigenvalue weighted by Crippen LogP contribution is 2.10. The van der Waals surface area contributed by atoms with Gasteiger partial charge in [-0.15, -0.1) is 0 Å². The number of aryl methyl sites for hydroxylation is 1. The van der Waals surface area contributed by atoms with Crippen LogP contribution in [-0.2, 0) is 12.8 Å². The molecular weight excluding hydrogens is 262 g/mol. The molecule has 0 aromatic heterocycles. The van der Waals surface area contributed by atoms with Crippen molar-refractivity contribution >= 4 is 5.91 Å². The molecule has 1 amide bonds. The third-order valence-corrected chi connectivity index (χ3v) is 3.52. The van der Waals surface area contributed by atoms with Crippen LogP contribution >= 0.6 is 0 Å². The average Bonchev–Trinajstić information content (AvgIpc) is 2.55. The zero-order valence-corrected chi connectivity index (χ0v) is 12.3. The van der Waals surface area contributed by atoms with Gasteiger partial charge in [0.05, 0.1) is 12.6 Å². The Morgan fingerprint density at radius 2 is 1.76 bits per heavy atom. The summed E-state index contributed by atoms with van der Waals surface area (Å²) in [7, 11) is 0. The molecule has 0 radical (unpaired) electrons. The Bertz CT molecular complexity index is 581. The predicted octanol–water partition coefficient (Wildman–Crippen LogP) is 2.58. The molecule has 0 saturated heterocycles. The maximum atomic E-state index is 12.4. The van der Waals surface area contributed by atoms with Gasteiger partial charge < -0.3 is 10.4 Å². The molecule has 1 unspecified atom stereocenters. The van der Waals surface area contributed by atoms with Crippen molar-refractivity contribution in [2.24, 2.45) is 0 Å². The van der Waals surface area contributed by atoms with E-state index in [1.54, 1.807) is 0 Å². The summed E-state index contributed by atoms with van der Waals surface area (Å²) in [5.74, 6) is -0.123. The van der Waals surface area contributed by atoms with Crippen LogP contribution in [0.15, 0.2) is 54.6 Å². The maximum absolute atomic E-state index is 12.4. The van der Waals surface area contributed by atoms with Crippen molar-refractivity contribution in [1.82, 2.24) is 5.32 Å². The van der Waals surface area contributed by atoms with Crippen molar-refractivity contribution in [3.05, 3.63) is 71.3 Å². The summed E-state index contributed by atoms with van der Waals surface area (Å²) < 4.78 is 0. The monoisotopic (exact) mass is 283 g/mol. The molecule has 2 aromatic rings. The molecule has 3 nitrogen and oxygen atoms in total. The summed E-state index contributed by atoms with van der Waals surface area (Å²) in [5.41, 5.74) is 2.80. The van der Waals surface area contributed by atoms with E-state index >= 15 is 0 Å². The van der Waals surface area contributed by atoms with E-state index in [0.29, 0.717) is 12.0 Å². The lowest BCUT2D eigenvalue weighted by Crippen LogP contribution is -2.39. The van der Waals surface area contributed by atoms with Gasteiger partial charge >= 0.3 is 0 Å². The van der Waals surface area contributed by atoms with Crippen LogP contribution in [0.2, 0.25) is 0 Å². The Morgan fingerprint density at radius 1 is 1.10 bits per heavy atom. The van der Waals surface area contributed by atoms with Gasteiger partial charge in [-0.1, -0.05) is 55.5 Å². The Hall–Kier alpha value is -2.13. The number of aliphatic hydroxyl groups is 1. The summed E-state index contributed by atoms with van der Waals surface area (Å²) in [5, 5.41) is 12.4. The van der Waals surface area contributed by atoms with Gasteiger partial charge in [-0.2, -0.15) is 0 Å². The lowest BCUT2D eigenvalue weighted by Gasteiger charge is -2.17. The van der Waals surface area contributed by atoms with Crippen LogP contribution < -0.4 is 5.32 Å². The fraction of sp³-hybridized carbons (Fsp3) is 0.278. The molecule has 0 fully saturated rings. The maximum Gasteiger partial charge on any atom is 0.251 e. The Balaban J connectivity index is 2.06. The van der Waals surface area contributed by atoms with Gasteiger partial charge in [-0.25, -0.2) is 0 Å². The van der Waals surface area contributed by atoms with Gasteiger partial charge in [0.15, 0.2) is 0 Å². The van der Waals surface area contributed by atoms with Crippen LogP contribution in [0.1, 0.15) is 28.4 Å². The van der Waals surface area contributed by atoms with Gasteiger partial charge in [0.25, 0.3) is 5.91 Å². The van der Waals surface area contributed by atoms with Crippen molar-refractivity contribution in [3.63, 3.8) is 0 Å². The minimum Gasteiger partial charge on any atom is -0.394 e. The second-order valence-electron chi connectivity index (χ2n) is 5.05. The molecule has 0 aliphatic rings. The fourth-order valence-corrected chi connectivity index (χ4v) is 2.37. The molecule has 0 heterocycles. The minimum atomic E-state index is -0.273. The molecule has 2 rings (SSSR count). The van der Waals surface area contributed by atoms with Crippen LogP contribution in [0.4, 0.5) is 0 Å². The number of nitrogens with one attached hydrogen (secondary N) is 1. The average molecular weight is 283 g/mol. The van der Waals surface area contributed by atoms with Crippen LogP contribution in [0.3, 0.4) is 0 Å². The lowest BCUT2D eigenvalue weighted by atomic mass is 10.0. The fourth-order valence-electron chi connectivity index (χ4n) is 2.37. The first-order valence-corrected chi connectivity index (χ1v) is 7.28. The van der Waals surface area contributed by atoms with E-state index in [1.165, 1.54) is 0 Å². The van der Waals surface area contributed by atoms with E-state index < -0.39 is 0 Å². The number of amides is 1. The van der Waals surface area contributed by atoms with E-state index in [2.05, 4.69) is 5.32 Å². The number of hydrogen-bond acceptors (Lipinski definition) is 2.